The highest BCUT2D eigenvalue weighted by Gasteiger charge is 2.18. The molecule has 0 aromatic rings. The van der Waals surface area contributed by atoms with E-state index in [1.807, 2.05) is 6.92 Å². The van der Waals surface area contributed by atoms with Gasteiger partial charge in [0.2, 0.25) is 0 Å². The van der Waals surface area contributed by atoms with Crippen LogP contribution in [-0.4, -0.2) is 18.6 Å². The van der Waals surface area contributed by atoms with E-state index in [2.05, 4.69) is 10.6 Å². The lowest BCUT2D eigenvalue weighted by Gasteiger charge is -2.26. The van der Waals surface area contributed by atoms with Crippen molar-refractivity contribution in [3.05, 3.63) is 0 Å². The highest BCUT2D eigenvalue weighted by molar-refractivity contribution is 5.74. The molecule has 1 fully saturated rings. The Balaban J connectivity index is 0. The molecule has 0 unspecified atom stereocenters. The van der Waals surface area contributed by atoms with E-state index in [-0.39, 0.29) is 8.88 Å². The molecule has 0 saturated heterocycles. The van der Waals surface area contributed by atoms with E-state index in [9.17, 15) is 4.79 Å². The maximum absolute atomic E-state index is 10.8. The maximum atomic E-state index is 10.8. The van der Waals surface area contributed by atoms with Crippen LogP contribution in [-0.2, 0) is 0 Å². The molecular weight excluding hydrogens is 128 g/mol. The number of carbonyl (C=O) groups excluding carboxylic acids is 1. The molecule has 62 valence electrons. The average molecular weight is 146 g/mol. The summed E-state index contributed by atoms with van der Waals surface area (Å²) >= 11 is 0. The molecule has 1 aliphatic rings. The number of urea groups is 1. The van der Waals surface area contributed by atoms with Crippen LogP contribution in [0.1, 0.15) is 29.0 Å². The van der Waals surface area contributed by atoms with E-state index in [0.29, 0.717) is 12.6 Å². The van der Waals surface area contributed by atoms with Crippen molar-refractivity contribution in [2.24, 2.45) is 0 Å². The lowest BCUT2D eigenvalue weighted by atomic mass is 9.93. The Kier molecular flexibility index (Phi) is 2.54. The van der Waals surface area contributed by atoms with Gasteiger partial charge in [0.05, 0.1) is 0 Å². The Labute approximate surface area is 64.2 Å². The molecule has 1 saturated carbocycles. The topological polar surface area (TPSA) is 41.1 Å². The van der Waals surface area contributed by atoms with E-state index < -0.39 is 0 Å². The van der Waals surface area contributed by atoms with Gasteiger partial charge in [0.1, 0.15) is 0 Å². The fourth-order valence-electron chi connectivity index (χ4n) is 0.950. The third-order valence-electron chi connectivity index (χ3n) is 1.78. The third-order valence-corrected chi connectivity index (χ3v) is 1.78. The predicted molar refractivity (Wildman–Crippen MR) is 44.1 cm³/mol. The summed E-state index contributed by atoms with van der Waals surface area (Å²) < 4.78 is 0. The fourth-order valence-corrected chi connectivity index (χ4v) is 0.950. The molecule has 0 atom stereocenters. The van der Waals surface area contributed by atoms with E-state index in [0.717, 1.165) is 12.8 Å². The monoisotopic (exact) mass is 146 g/mol. The van der Waals surface area contributed by atoms with Gasteiger partial charge in [-0.05, 0) is 26.2 Å². The van der Waals surface area contributed by atoms with Crippen molar-refractivity contribution in [3.8, 4) is 0 Å². The van der Waals surface area contributed by atoms with Crippen molar-refractivity contribution >= 4 is 6.03 Å². The Bertz CT molecular complexity index is 129. The number of nitrogens with one attached hydrogen (secondary N) is 2. The summed E-state index contributed by atoms with van der Waals surface area (Å²) in [7, 11) is 0. The summed E-state index contributed by atoms with van der Waals surface area (Å²) in [5.74, 6) is 0. The Hall–Kier alpha value is -0.730. The molecular formula is C7H18N2O. The quantitative estimate of drug-likeness (QED) is 0.606. The minimum atomic E-state index is -0.0211. The second-order valence-corrected chi connectivity index (χ2v) is 2.63. The molecule has 0 aromatic carbocycles. The highest BCUT2D eigenvalue weighted by atomic mass is 16.2. The van der Waals surface area contributed by atoms with Gasteiger partial charge >= 0.3 is 6.03 Å². The first-order valence-corrected chi connectivity index (χ1v) is 3.87. The summed E-state index contributed by atoms with van der Waals surface area (Å²) in [6.45, 7) is 2.62. The molecule has 3 heteroatoms. The van der Waals surface area contributed by atoms with E-state index in [1.54, 1.807) is 0 Å². The second kappa shape index (κ2) is 3.44. The standard InChI is InChI=1S/C7H14N2O.2H2/c1-2-8-7(10)9-6-4-3-5-6;;/h6H,2-5H2,1H3,(H2,8,9,10);2*1H. The first-order chi connectivity index (χ1) is 4.83. The average Bonchev–Trinajstić information content (AvgIpc) is 1.80. The fraction of sp³-hybridized carbons (Fsp3) is 0.857. The first-order valence-electron chi connectivity index (χ1n) is 3.87. The summed E-state index contributed by atoms with van der Waals surface area (Å²) in [6.07, 6.45) is 3.56. The van der Waals surface area contributed by atoms with E-state index in [1.165, 1.54) is 6.42 Å². The molecule has 0 radical (unpaired) electrons. The van der Waals surface area contributed by atoms with Crippen LogP contribution in [0, 0.1) is 0 Å². The van der Waals surface area contributed by atoms with Gasteiger partial charge in [0.25, 0.3) is 0 Å². The summed E-state index contributed by atoms with van der Waals surface area (Å²) in [6, 6.07) is 0.429. The maximum Gasteiger partial charge on any atom is 0.314 e. The number of rotatable bonds is 2. The largest absolute Gasteiger partial charge is 0.338 e. The third kappa shape index (κ3) is 1.90. The van der Waals surface area contributed by atoms with Gasteiger partial charge in [-0.15, -0.1) is 0 Å². The van der Waals surface area contributed by atoms with Gasteiger partial charge in [-0.1, -0.05) is 0 Å². The van der Waals surface area contributed by atoms with E-state index >= 15 is 0 Å². The van der Waals surface area contributed by atoms with Crippen molar-refractivity contribution in [1.82, 2.24) is 10.6 Å². The Morgan fingerprint density at radius 3 is 2.80 bits per heavy atom. The Morgan fingerprint density at radius 2 is 2.40 bits per heavy atom. The van der Waals surface area contributed by atoms with Crippen molar-refractivity contribution in [2.75, 3.05) is 6.54 Å². The molecule has 0 aliphatic heterocycles. The van der Waals surface area contributed by atoms with Gasteiger partial charge in [0, 0.05) is 15.4 Å². The smallest absolute Gasteiger partial charge is 0.314 e. The number of hydrogen-bond donors (Lipinski definition) is 2. The van der Waals surface area contributed by atoms with Crippen LogP contribution in [0.3, 0.4) is 0 Å². The van der Waals surface area contributed by atoms with Crippen LogP contribution in [0.5, 0.6) is 0 Å². The molecule has 0 spiro atoms. The van der Waals surface area contributed by atoms with Crippen molar-refractivity contribution < 1.29 is 7.65 Å². The first kappa shape index (κ1) is 7.38. The number of carbonyl (C=O) groups is 1. The number of hydrogen-bond acceptors (Lipinski definition) is 1. The zero-order chi connectivity index (χ0) is 7.40. The normalized spacial score (nSPS) is 17.7. The molecule has 1 aliphatic carbocycles. The number of amides is 2. The molecule has 10 heavy (non-hydrogen) atoms. The minimum Gasteiger partial charge on any atom is -0.338 e. The van der Waals surface area contributed by atoms with Gasteiger partial charge in [-0.2, -0.15) is 0 Å². The van der Waals surface area contributed by atoms with Crippen LogP contribution in [0.4, 0.5) is 4.79 Å². The lowest BCUT2D eigenvalue weighted by molar-refractivity contribution is 0.229. The van der Waals surface area contributed by atoms with Crippen molar-refractivity contribution in [1.29, 1.82) is 0 Å². The van der Waals surface area contributed by atoms with Gasteiger partial charge in [0.15, 0.2) is 0 Å². The molecule has 1 rings (SSSR count). The lowest BCUT2D eigenvalue weighted by Crippen LogP contribution is -2.44. The van der Waals surface area contributed by atoms with Crippen LogP contribution in [0.15, 0.2) is 0 Å². The SMILES string of the molecule is CCNC(=O)NC1CCC1.[HH].[HH]. The van der Waals surface area contributed by atoms with E-state index in [4.69, 9.17) is 0 Å². The van der Waals surface area contributed by atoms with Crippen LogP contribution >= 0.6 is 0 Å². The molecule has 0 aromatic heterocycles. The predicted octanol–water partition coefficient (Wildman–Crippen LogP) is 1.35. The summed E-state index contributed by atoms with van der Waals surface area (Å²) in [4.78, 5) is 10.8. The highest BCUT2D eigenvalue weighted by Crippen LogP contribution is 2.17. The summed E-state index contributed by atoms with van der Waals surface area (Å²) in [5, 5.41) is 5.56. The van der Waals surface area contributed by atoms with Crippen LogP contribution < -0.4 is 10.6 Å². The molecule has 2 amide bonds. The van der Waals surface area contributed by atoms with Gasteiger partial charge in [-0.3, -0.25) is 0 Å². The van der Waals surface area contributed by atoms with Crippen LogP contribution in [0.25, 0.3) is 0 Å². The second-order valence-electron chi connectivity index (χ2n) is 2.63. The summed E-state index contributed by atoms with van der Waals surface area (Å²) in [5.41, 5.74) is 0. The minimum absolute atomic E-state index is 0. The van der Waals surface area contributed by atoms with Crippen LogP contribution in [0.2, 0.25) is 0 Å². The molecule has 0 bridgehead atoms. The molecule has 3 nitrogen and oxygen atoms in total. The van der Waals surface area contributed by atoms with Crippen molar-refractivity contribution in [2.45, 2.75) is 32.2 Å². The van der Waals surface area contributed by atoms with Crippen molar-refractivity contribution in [3.63, 3.8) is 0 Å². The zero-order valence-electron chi connectivity index (χ0n) is 6.31. The van der Waals surface area contributed by atoms with Gasteiger partial charge < -0.3 is 10.6 Å². The Morgan fingerprint density at radius 1 is 1.70 bits per heavy atom. The van der Waals surface area contributed by atoms with Gasteiger partial charge in [-0.25, -0.2) is 4.79 Å². The molecule has 0 heterocycles. The molecule has 2 N–H and O–H groups in total. The zero-order valence-corrected chi connectivity index (χ0v) is 6.31.